The summed E-state index contributed by atoms with van der Waals surface area (Å²) in [7, 11) is 0. The number of nitrogens with zero attached hydrogens (tertiary/aromatic N) is 1. The number of ether oxygens (including phenoxy) is 1. The maximum atomic E-state index is 13.5. The van der Waals surface area contributed by atoms with E-state index in [2.05, 4.69) is 5.16 Å². The summed E-state index contributed by atoms with van der Waals surface area (Å²) in [4.78, 5) is 11.6. The monoisotopic (exact) mass is 309 g/mol. The van der Waals surface area contributed by atoms with Crippen LogP contribution >= 0.6 is 11.6 Å². The van der Waals surface area contributed by atoms with Crippen LogP contribution in [0.2, 0.25) is 5.02 Å². The molecule has 21 heavy (non-hydrogen) atoms. The Morgan fingerprint density at radius 1 is 1.48 bits per heavy atom. The predicted octanol–water partition coefficient (Wildman–Crippen LogP) is 3.84. The molecule has 0 amide bonds. The van der Waals surface area contributed by atoms with E-state index in [-0.39, 0.29) is 17.2 Å². The van der Waals surface area contributed by atoms with Crippen LogP contribution < -0.4 is 0 Å². The zero-order chi connectivity index (χ0) is 15.4. The van der Waals surface area contributed by atoms with Crippen molar-refractivity contribution >= 4 is 23.6 Å². The van der Waals surface area contributed by atoms with Gasteiger partial charge in [0.2, 0.25) is 0 Å². The number of aromatic nitrogens is 1. The number of aryl methyl sites for hydroxylation is 2. The van der Waals surface area contributed by atoms with E-state index in [4.69, 9.17) is 20.9 Å². The first-order chi connectivity index (χ1) is 9.99. The molecule has 6 heteroatoms. The van der Waals surface area contributed by atoms with Crippen molar-refractivity contribution in [2.45, 2.75) is 20.5 Å². The van der Waals surface area contributed by atoms with Crippen LogP contribution in [0.3, 0.4) is 0 Å². The molecule has 2 aromatic rings. The fourth-order valence-corrected chi connectivity index (χ4v) is 1.95. The lowest BCUT2D eigenvalue weighted by atomic mass is 10.2. The number of esters is 1. The molecule has 0 aliphatic carbocycles. The Balaban J connectivity index is 2.01. The van der Waals surface area contributed by atoms with Gasteiger partial charge in [-0.05, 0) is 32.1 Å². The minimum Gasteiger partial charge on any atom is -0.457 e. The first-order valence-corrected chi connectivity index (χ1v) is 6.57. The quantitative estimate of drug-likeness (QED) is 0.636. The standard InChI is InChI=1S/C15H13ClFNO3/c1-9-12(10(2)21-18-9)8-20-15(19)7-6-11-13(16)4-3-5-14(11)17/h3-7H,8H2,1-2H3/b7-6+. The molecule has 0 unspecified atom stereocenters. The van der Waals surface area contributed by atoms with Gasteiger partial charge in [-0.25, -0.2) is 9.18 Å². The van der Waals surface area contributed by atoms with Gasteiger partial charge in [-0.3, -0.25) is 0 Å². The molecular weight excluding hydrogens is 297 g/mol. The topological polar surface area (TPSA) is 52.3 Å². The summed E-state index contributed by atoms with van der Waals surface area (Å²) >= 11 is 5.85. The van der Waals surface area contributed by atoms with Crippen molar-refractivity contribution in [2.75, 3.05) is 0 Å². The lowest BCUT2D eigenvalue weighted by molar-refractivity contribution is -0.138. The molecule has 0 aliphatic heterocycles. The number of halogens is 2. The van der Waals surface area contributed by atoms with Crippen LogP contribution in [0.5, 0.6) is 0 Å². The summed E-state index contributed by atoms with van der Waals surface area (Å²) in [6.45, 7) is 3.54. The second-order valence-corrected chi connectivity index (χ2v) is 4.79. The highest BCUT2D eigenvalue weighted by atomic mass is 35.5. The first-order valence-electron chi connectivity index (χ1n) is 6.19. The molecule has 0 saturated carbocycles. The summed E-state index contributed by atoms with van der Waals surface area (Å²) in [5.74, 6) is -0.506. The fraction of sp³-hybridized carbons (Fsp3) is 0.200. The van der Waals surface area contributed by atoms with Crippen LogP contribution in [0.4, 0.5) is 4.39 Å². The lowest BCUT2D eigenvalue weighted by Gasteiger charge is -2.02. The molecule has 2 rings (SSSR count). The number of benzene rings is 1. The van der Waals surface area contributed by atoms with Crippen LogP contribution in [0, 0.1) is 19.7 Å². The highest BCUT2D eigenvalue weighted by Gasteiger charge is 2.11. The molecule has 0 N–H and O–H groups in total. The van der Waals surface area contributed by atoms with E-state index in [1.807, 2.05) is 0 Å². The van der Waals surface area contributed by atoms with Gasteiger partial charge in [0.25, 0.3) is 0 Å². The number of hydrogen-bond donors (Lipinski definition) is 0. The van der Waals surface area contributed by atoms with Crippen molar-refractivity contribution in [3.05, 3.63) is 57.7 Å². The van der Waals surface area contributed by atoms with Gasteiger partial charge in [0.1, 0.15) is 18.2 Å². The van der Waals surface area contributed by atoms with Crippen molar-refractivity contribution in [1.29, 1.82) is 0 Å². The number of rotatable bonds is 4. The van der Waals surface area contributed by atoms with Gasteiger partial charge in [-0.15, -0.1) is 0 Å². The minimum atomic E-state index is -0.602. The number of hydrogen-bond acceptors (Lipinski definition) is 4. The number of carbonyl (C=O) groups excluding carboxylic acids is 1. The van der Waals surface area contributed by atoms with E-state index in [0.717, 1.165) is 11.6 Å². The van der Waals surface area contributed by atoms with E-state index in [9.17, 15) is 9.18 Å². The minimum absolute atomic E-state index is 0.0509. The van der Waals surface area contributed by atoms with Gasteiger partial charge in [0.15, 0.2) is 0 Å². The van der Waals surface area contributed by atoms with Crippen LogP contribution in [0.1, 0.15) is 22.6 Å². The molecule has 1 heterocycles. The normalized spacial score (nSPS) is 11.0. The molecule has 110 valence electrons. The molecule has 0 fully saturated rings. The zero-order valence-electron chi connectivity index (χ0n) is 11.5. The molecule has 4 nitrogen and oxygen atoms in total. The first kappa shape index (κ1) is 15.3. The van der Waals surface area contributed by atoms with Gasteiger partial charge in [0, 0.05) is 11.6 Å². The molecule has 1 aromatic heterocycles. The summed E-state index contributed by atoms with van der Waals surface area (Å²) in [5.41, 5.74) is 1.54. The largest absolute Gasteiger partial charge is 0.457 e. The van der Waals surface area contributed by atoms with E-state index >= 15 is 0 Å². The van der Waals surface area contributed by atoms with E-state index in [1.165, 1.54) is 18.2 Å². The fourth-order valence-electron chi connectivity index (χ4n) is 1.72. The molecular formula is C15H13ClFNO3. The molecule has 0 saturated heterocycles. The van der Waals surface area contributed by atoms with Gasteiger partial charge in [-0.1, -0.05) is 22.8 Å². The summed E-state index contributed by atoms with van der Waals surface area (Å²) in [6.07, 6.45) is 2.41. The van der Waals surface area contributed by atoms with Gasteiger partial charge < -0.3 is 9.26 Å². The lowest BCUT2D eigenvalue weighted by Crippen LogP contribution is -2.02. The average Bonchev–Trinajstić information content (AvgIpc) is 2.75. The van der Waals surface area contributed by atoms with Gasteiger partial charge >= 0.3 is 5.97 Å². The smallest absolute Gasteiger partial charge is 0.331 e. The third-order valence-corrected chi connectivity index (χ3v) is 3.26. The Hall–Kier alpha value is -2.14. The second kappa shape index (κ2) is 6.54. The molecule has 0 bridgehead atoms. The van der Waals surface area contributed by atoms with Crippen molar-refractivity contribution in [3.63, 3.8) is 0 Å². The zero-order valence-corrected chi connectivity index (χ0v) is 12.3. The average molecular weight is 310 g/mol. The number of carbonyl (C=O) groups is 1. The highest BCUT2D eigenvalue weighted by Crippen LogP contribution is 2.20. The molecule has 0 spiro atoms. The Morgan fingerprint density at radius 3 is 2.86 bits per heavy atom. The Bertz CT molecular complexity index is 654. The van der Waals surface area contributed by atoms with Crippen LogP contribution in [0.25, 0.3) is 6.08 Å². The molecule has 0 atom stereocenters. The van der Waals surface area contributed by atoms with Crippen LogP contribution in [-0.4, -0.2) is 11.1 Å². The summed E-state index contributed by atoms with van der Waals surface area (Å²) in [6, 6.07) is 4.30. The van der Waals surface area contributed by atoms with Crippen molar-refractivity contribution in [2.24, 2.45) is 0 Å². The molecule has 0 radical (unpaired) electrons. The van der Waals surface area contributed by atoms with Crippen LogP contribution in [0.15, 0.2) is 28.8 Å². The van der Waals surface area contributed by atoms with Crippen LogP contribution in [-0.2, 0) is 16.1 Å². The predicted molar refractivity (Wildman–Crippen MR) is 76.2 cm³/mol. The Kier molecular flexibility index (Phi) is 4.75. The van der Waals surface area contributed by atoms with E-state index < -0.39 is 11.8 Å². The Morgan fingerprint density at radius 2 is 2.24 bits per heavy atom. The third kappa shape index (κ3) is 3.70. The molecule has 0 aliphatic rings. The van der Waals surface area contributed by atoms with E-state index in [0.29, 0.717) is 11.5 Å². The van der Waals surface area contributed by atoms with Gasteiger partial charge in [0.05, 0.1) is 16.3 Å². The second-order valence-electron chi connectivity index (χ2n) is 4.38. The van der Waals surface area contributed by atoms with Crippen molar-refractivity contribution < 1.29 is 18.4 Å². The maximum absolute atomic E-state index is 13.5. The Labute approximate surface area is 126 Å². The summed E-state index contributed by atoms with van der Waals surface area (Å²) in [5, 5.41) is 3.99. The molecule has 1 aromatic carbocycles. The highest BCUT2D eigenvalue weighted by molar-refractivity contribution is 6.32. The van der Waals surface area contributed by atoms with E-state index in [1.54, 1.807) is 19.9 Å². The maximum Gasteiger partial charge on any atom is 0.331 e. The van der Waals surface area contributed by atoms with Crippen molar-refractivity contribution in [3.8, 4) is 0 Å². The van der Waals surface area contributed by atoms with Crippen molar-refractivity contribution in [1.82, 2.24) is 5.16 Å². The SMILES string of the molecule is Cc1noc(C)c1COC(=O)/C=C/c1c(F)cccc1Cl. The summed E-state index contributed by atoms with van der Waals surface area (Å²) < 4.78 is 23.5. The third-order valence-electron chi connectivity index (χ3n) is 2.93. The van der Waals surface area contributed by atoms with Gasteiger partial charge in [-0.2, -0.15) is 0 Å².